The van der Waals surface area contributed by atoms with E-state index in [9.17, 15) is 0 Å². The summed E-state index contributed by atoms with van der Waals surface area (Å²) in [6.07, 6.45) is 0. The van der Waals surface area contributed by atoms with Crippen LogP contribution in [-0.2, 0) is 0 Å². The molecular formula is C64H46GeN2. The SMILES string of the molecule is c1ccc(-c2ccc(-n3c4ccccc4c4cc(N(c5ccc(-c6cc[c]([Ge]([c]7ccccc7)([c]7ccccc7)[c]7ccccc7)cc6)cc5)c5ccc6ccccc6c5)ccc43)cc2)cc1. The zero-order chi connectivity index (χ0) is 44.6. The molecule has 316 valence electrons. The summed E-state index contributed by atoms with van der Waals surface area (Å²) in [7, 11) is 0. The first-order valence-electron chi connectivity index (χ1n) is 23.1. The molecule has 0 spiro atoms. The summed E-state index contributed by atoms with van der Waals surface area (Å²) in [4.78, 5) is 2.40. The molecule has 0 amide bonds. The first-order valence-corrected chi connectivity index (χ1v) is 27.3. The van der Waals surface area contributed by atoms with Gasteiger partial charge in [-0.15, -0.1) is 0 Å². The summed E-state index contributed by atoms with van der Waals surface area (Å²) in [5.41, 5.74) is 11.6. The molecule has 11 aromatic carbocycles. The van der Waals surface area contributed by atoms with E-state index in [-0.39, 0.29) is 0 Å². The molecular weight excluding hydrogens is 869 g/mol. The molecule has 0 unspecified atom stereocenters. The van der Waals surface area contributed by atoms with E-state index in [0.717, 1.165) is 22.7 Å². The van der Waals surface area contributed by atoms with Crippen molar-refractivity contribution in [3.8, 4) is 27.9 Å². The number of aromatic nitrogens is 1. The van der Waals surface area contributed by atoms with Crippen LogP contribution in [0.25, 0.3) is 60.5 Å². The second kappa shape index (κ2) is 17.3. The van der Waals surface area contributed by atoms with Crippen LogP contribution in [0, 0.1) is 0 Å². The molecule has 0 atom stereocenters. The summed E-state index contributed by atoms with van der Waals surface area (Å²) >= 11 is -3.37. The van der Waals surface area contributed by atoms with Gasteiger partial charge >= 0.3 is 251 Å². The molecule has 2 nitrogen and oxygen atoms in total. The van der Waals surface area contributed by atoms with E-state index in [4.69, 9.17) is 0 Å². The zero-order valence-corrected chi connectivity index (χ0v) is 39.1. The number of para-hydroxylation sites is 1. The minimum atomic E-state index is -3.37. The van der Waals surface area contributed by atoms with Crippen LogP contribution in [-0.4, -0.2) is 17.8 Å². The van der Waals surface area contributed by atoms with Crippen molar-refractivity contribution < 1.29 is 0 Å². The van der Waals surface area contributed by atoms with Gasteiger partial charge in [-0.25, -0.2) is 0 Å². The van der Waals surface area contributed by atoms with Crippen LogP contribution in [0.15, 0.2) is 279 Å². The molecule has 12 rings (SSSR count). The Bertz CT molecular complexity index is 3550. The number of fused-ring (bicyclic) bond motifs is 4. The van der Waals surface area contributed by atoms with Crippen molar-refractivity contribution in [1.82, 2.24) is 4.57 Å². The Kier molecular flexibility index (Phi) is 10.4. The Balaban J connectivity index is 0.946. The van der Waals surface area contributed by atoms with Crippen molar-refractivity contribution in [3.63, 3.8) is 0 Å². The molecule has 3 heteroatoms. The van der Waals surface area contributed by atoms with Crippen molar-refractivity contribution in [2.75, 3.05) is 4.90 Å². The second-order valence-corrected chi connectivity index (χ2v) is 25.3. The predicted molar refractivity (Wildman–Crippen MR) is 287 cm³/mol. The van der Waals surface area contributed by atoms with Crippen LogP contribution in [0.5, 0.6) is 0 Å². The van der Waals surface area contributed by atoms with Gasteiger partial charge in [0.1, 0.15) is 0 Å². The third-order valence-corrected chi connectivity index (χ3v) is 23.6. The van der Waals surface area contributed by atoms with Crippen molar-refractivity contribution in [2.45, 2.75) is 0 Å². The number of anilines is 3. The van der Waals surface area contributed by atoms with Crippen molar-refractivity contribution >= 4 is 80.5 Å². The Morgan fingerprint density at radius 2 is 0.687 bits per heavy atom. The topological polar surface area (TPSA) is 8.17 Å². The number of rotatable bonds is 10. The Labute approximate surface area is 394 Å². The molecule has 0 N–H and O–H groups in total. The molecule has 1 aromatic heterocycles. The van der Waals surface area contributed by atoms with Gasteiger partial charge in [-0.2, -0.15) is 0 Å². The monoisotopic (exact) mass is 916 g/mol. The van der Waals surface area contributed by atoms with Crippen molar-refractivity contribution in [2.24, 2.45) is 0 Å². The maximum atomic E-state index is 2.40. The van der Waals surface area contributed by atoms with E-state index in [1.54, 1.807) is 0 Å². The fourth-order valence-corrected chi connectivity index (χ4v) is 20.3. The number of nitrogens with zero attached hydrogens (tertiary/aromatic N) is 2. The van der Waals surface area contributed by atoms with E-state index in [2.05, 4.69) is 289 Å². The molecule has 0 radical (unpaired) electrons. The van der Waals surface area contributed by atoms with Crippen LogP contribution >= 0.6 is 0 Å². The first kappa shape index (κ1) is 40.3. The molecule has 67 heavy (non-hydrogen) atoms. The van der Waals surface area contributed by atoms with E-state index < -0.39 is 13.3 Å². The maximum absolute atomic E-state index is 3.37. The second-order valence-electron chi connectivity index (χ2n) is 17.3. The Morgan fingerprint density at radius 3 is 1.30 bits per heavy atom. The number of hydrogen-bond donors (Lipinski definition) is 0. The quantitative estimate of drug-likeness (QED) is 0.124. The Morgan fingerprint density at radius 1 is 0.269 bits per heavy atom. The summed E-state index contributed by atoms with van der Waals surface area (Å²) < 4.78 is 8.08. The van der Waals surface area contributed by atoms with Gasteiger partial charge in [0, 0.05) is 11.1 Å². The van der Waals surface area contributed by atoms with Crippen LogP contribution in [0.4, 0.5) is 17.1 Å². The van der Waals surface area contributed by atoms with E-state index in [1.807, 2.05) is 0 Å². The molecule has 0 aliphatic heterocycles. The van der Waals surface area contributed by atoms with Gasteiger partial charge in [0.15, 0.2) is 0 Å². The molecule has 0 bridgehead atoms. The fourth-order valence-electron chi connectivity index (χ4n) is 10.4. The van der Waals surface area contributed by atoms with E-state index in [1.165, 1.54) is 72.4 Å². The van der Waals surface area contributed by atoms with Gasteiger partial charge < -0.3 is 4.57 Å². The van der Waals surface area contributed by atoms with Gasteiger partial charge in [0.25, 0.3) is 0 Å². The first-order chi connectivity index (χ1) is 33.2. The standard InChI is InChI=1S/C64H46GeN2/c1-5-17-47(18-6-1)50-33-40-58(41-34-50)67-63-28-16-15-27-61(63)62-46-60(43-44-64(62)67)66(59-42-35-48-19-13-14-20-52(48)45-59)57-38-31-51(32-39-57)49-29-36-56(37-30-49)65(53-21-7-2-8-22-53,54-23-9-3-10-24-54)55-25-11-4-12-26-55/h1-46H. The van der Waals surface area contributed by atoms with Crippen molar-refractivity contribution in [3.05, 3.63) is 279 Å². The zero-order valence-electron chi connectivity index (χ0n) is 37.0. The normalized spacial score (nSPS) is 11.6. The van der Waals surface area contributed by atoms with Crippen LogP contribution in [0.2, 0.25) is 0 Å². The third kappa shape index (κ3) is 7.23. The van der Waals surface area contributed by atoms with Gasteiger partial charge in [-0.05, 0) is 34.7 Å². The van der Waals surface area contributed by atoms with Gasteiger partial charge in [0.2, 0.25) is 0 Å². The minimum Gasteiger partial charge on any atom is -0.0617 e. The molecule has 0 saturated heterocycles. The minimum absolute atomic E-state index is 1.10. The van der Waals surface area contributed by atoms with Crippen molar-refractivity contribution in [1.29, 1.82) is 0 Å². The molecule has 0 fully saturated rings. The number of hydrogen-bond acceptors (Lipinski definition) is 1. The average Bonchev–Trinajstić information content (AvgIpc) is 3.74. The molecule has 12 aromatic rings. The summed E-state index contributed by atoms with van der Waals surface area (Å²) in [6.45, 7) is 0. The smallest absolute Gasteiger partial charge is 0.0617 e. The Hall–Kier alpha value is -8.18. The van der Waals surface area contributed by atoms with Gasteiger partial charge in [0.05, 0.1) is 11.0 Å². The summed E-state index contributed by atoms with van der Waals surface area (Å²) in [5, 5.41) is 4.87. The van der Waals surface area contributed by atoms with Crippen LogP contribution in [0.3, 0.4) is 0 Å². The molecule has 0 saturated carbocycles. The fraction of sp³-hybridized carbons (Fsp3) is 0. The summed E-state index contributed by atoms with van der Waals surface area (Å²) in [5.74, 6) is 0. The van der Waals surface area contributed by atoms with Gasteiger partial charge in [-0.1, -0.05) is 84.9 Å². The average molecular weight is 916 g/mol. The van der Waals surface area contributed by atoms with Gasteiger partial charge in [-0.3, -0.25) is 0 Å². The van der Waals surface area contributed by atoms with E-state index >= 15 is 0 Å². The third-order valence-electron chi connectivity index (χ3n) is 13.5. The predicted octanol–water partition coefficient (Wildman–Crippen LogP) is 14.1. The molecule has 1 heterocycles. The van der Waals surface area contributed by atoms with E-state index in [0.29, 0.717) is 0 Å². The number of benzene rings is 11. The molecule has 0 aliphatic rings. The summed E-state index contributed by atoms with van der Waals surface area (Å²) in [6, 6.07) is 103. The van der Waals surface area contributed by atoms with Crippen LogP contribution in [0.1, 0.15) is 0 Å². The van der Waals surface area contributed by atoms with Crippen LogP contribution < -0.4 is 22.5 Å². The molecule has 0 aliphatic carbocycles.